The van der Waals surface area contributed by atoms with Crippen LogP contribution in [-0.4, -0.2) is 31.8 Å². The van der Waals surface area contributed by atoms with E-state index < -0.39 is 5.92 Å². The minimum Gasteiger partial charge on any atom is -0.382 e. The summed E-state index contributed by atoms with van der Waals surface area (Å²) in [6.45, 7) is 1.93. The van der Waals surface area contributed by atoms with Gasteiger partial charge in [-0.15, -0.1) is 0 Å². The zero-order valence-electron chi connectivity index (χ0n) is 8.82. The van der Waals surface area contributed by atoms with Crippen molar-refractivity contribution in [3.8, 4) is 0 Å². The van der Waals surface area contributed by atoms with Gasteiger partial charge in [0, 0.05) is 20.1 Å². The summed E-state index contributed by atoms with van der Waals surface area (Å²) < 4.78 is 35.4. The van der Waals surface area contributed by atoms with Gasteiger partial charge in [0.25, 0.3) is 0 Å². The molecule has 0 bridgehead atoms. The maximum absolute atomic E-state index is 12.4. The molecule has 0 spiro atoms. The minimum absolute atomic E-state index is 0.101. The van der Waals surface area contributed by atoms with Crippen LogP contribution in [0.15, 0.2) is 0 Å². The minimum atomic E-state index is -2.57. The SMILES string of the molecule is COCC1(OCCCC(C)(F)F)CC1. The first-order valence-corrected chi connectivity index (χ1v) is 4.98. The Morgan fingerprint density at radius 3 is 2.43 bits per heavy atom. The van der Waals surface area contributed by atoms with Crippen LogP contribution in [0.25, 0.3) is 0 Å². The molecule has 0 radical (unpaired) electrons. The highest BCUT2D eigenvalue weighted by atomic mass is 19.3. The summed E-state index contributed by atoms with van der Waals surface area (Å²) in [6.07, 6.45) is 2.29. The van der Waals surface area contributed by atoms with E-state index in [0.717, 1.165) is 19.8 Å². The quantitative estimate of drug-likeness (QED) is 0.599. The molecule has 0 saturated heterocycles. The molecule has 0 aliphatic heterocycles. The van der Waals surface area contributed by atoms with Crippen LogP contribution in [0.4, 0.5) is 8.78 Å². The van der Waals surface area contributed by atoms with Gasteiger partial charge >= 0.3 is 0 Å². The van der Waals surface area contributed by atoms with Gasteiger partial charge in [-0.2, -0.15) is 0 Å². The average Bonchev–Trinajstić information content (AvgIpc) is 2.79. The van der Waals surface area contributed by atoms with Crippen molar-refractivity contribution < 1.29 is 18.3 Å². The Kier molecular flexibility index (Phi) is 3.84. The third-order valence-corrected chi connectivity index (χ3v) is 2.38. The van der Waals surface area contributed by atoms with E-state index in [1.807, 2.05) is 0 Å². The summed E-state index contributed by atoms with van der Waals surface area (Å²) >= 11 is 0. The third kappa shape index (κ3) is 4.33. The maximum Gasteiger partial charge on any atom is 0.245 e. The van der Waals surface area contributed by atoms with Crippen LogP contribution < -0.4 is 0 Å². The second-order valence-corrected chi connectivity index (χ2v) is 4.14. The van der Waals surface area contributed by atoms with Crippen molar-refractivity contribution in [2.24, 2.45) is 0 Å². The van der Waals surface area contributed by atoms with Crippen LogP contribution >= 0.6 is 0 Å². The van der Waals surface area contributed by atoms with E-state index >= 15 is 0 Å². The van der Waals surface area contributed by atoms with Gasteiger partial charge in [-0.1, -0.05) is 0 Å². The summed E-state index contributed by atoms with van der Waals surface area (Å²) in [5.74, 6) is -2.57. The van der Waals surface area contributed by atoms with Crippen molar-refractivity contribution in [1.82, 2.24) is 0 Å². The molecule has 0 aromatic carbocycles. The molecule has 14 heavy (non-hydrogen) atoms. The Morgan fingerprint density at radius 2 is 2.00 bits per heavy atom. The smallest absolute Gasteiger partial charge is 0.245 e. The van der Waals surface area contributed by atoms with E-state index in [2.05, 4.69) is 0 Å². The molecule has 0 amide bonds. The van der Waals surface area contributed by atoms with E-state index in [9.17, 15) is 8.78 Å². The van der Waals surface area contributed by atoms with E-state index in [-0.39, 0.29) is 12.0 Å². The Bertz CT molecular complexity index is 173. The van der Waals surface area contributed by atoms with Crippen molar-refractivity contribution in [3.05, 3.63) is 0 Å². The van der Waals surface area contributed by atoms with Gasteiger partial charge in [0.05, 0.1) is 12.2 Å². The van der Waals surface area contributed by atoms with Gasteiger partial charge in [0.15, 0.2) is 0 Å². The van der Waals surface area contributed by atoms with Gasteiger partial charge in [0.1, 0.15) is 0 Å². The predicted molar refractivity (Wildman–Crippen MR) is 49.6 cm³/mol. The Morgan fingerprint density at radius 1 is 1.36 bits per heavy atom. The zero-order chi connectivity index (χ0) is 10.7. The maximum atomic E-state index is 12.4. The van der Waals surface area contributed by atoms with Gasteiger partial charge in [-0.25, -0.2) is 8.78 Å². The average molecular weight is 208 g/mol. The second-order valence-electron chi connectivity index (χ2n) is 4.14. The van der Waals surface area contributed by atoms with Crippen molar-refractivity contribution in [2.75, 3.05) is 20.3 Å². The number of rotatable bonds is 7. The van der Waals surface area contributed by atoms with Crippen LogP contribution in [0.5, 0.6) is 0 Å². The molecule has 0 N–H and O–H groups in total. The molecule has 4 heteroatoms. The molecule has 0 unspecified atom stereocenters. The number of hydrogen-bond acceptors (Lipinski definition) is 2. The monoisotopic (exact) mass is 208 g/mol. The lowest BCUT2D eigenvalue weighted by molar-refractivity contribution is -0.0377. The molecule has 84 valence electrons. The molecule has 1 fully saturated rings. The summed E-state index contributed by atoms with van der Waals surface area (Å²) in [7, 11) is 1.63. The first-order chi connectivity index (χ1) is 6.47. The van der Waals surface area contributed by atoms with Crippen LogP contribution in [0.2, 0.25) is 0 Å². The van der Waals surface area contributed by atoms with Crippen molar-refractivity contribution in [3.63, 3.8) is 0 Å². The number of alkyl halides is 2. The standard InChI is InChI=1S/C10H18F2O2/c1-9(11,12)4-3-7-14-10(5-6-10)8-13-2/h3-8H2,1-2H3. The molecule has 0 heterocycles. The zero-order valence-corrected chi connectivity index (χ0v) is 8.82. The van der Waals surface area contributed by atoms with E-state index in [1.54, 1.807) is 7.11 Å². The number of ether oxygens (including phenoxy) is 2. The molecule has 0 atom stereocenters. The predicted octanol–water partition coefficient (Wildman–Crippen LogP) is 2.62. The fraction of sp³-hybridized carbons (Fsp3) is 1.00. The second kappa shape index (κ2) is 4.53. The summed E-state index contributed by atoms with van der Waals surface area (Å²) in [4.78, 5) is 0. The molecule has 2 nitrogen and oxygen atoms in total. The molecule has 0 aromatic rings. The van der Waals surface area contributed by atoms with E-state index in [4.69, 9.17) is 9.47 Å². The van der Waals surface area contributed by atoms with Gasteiger partial charge in [0.2, 0.25) is 5.92 Å². The molecule has 0 aromatic heterocycles. The first kappa shape index (κ1) is 11.9. The lowest BCUT2D eigenvalue weighted by Crippen LogP contribution is -2.22. The highest BCUT2D eigenvalue weighted by Gasteiger charge is 2.44. The molecular formula is C10H18F2O2. The Balaban J connectivity index is 2.04. The Labute approximate surface area is 83.6 Å². The van der Waals surface area contributed by atoms with Crippen LogP contribution in [0, 0.1) is 0 Å². The highest BCUT2D eigenvalue weighted by Crippen LogP contribution is 2.39. The summed E-state index contributed by atoms with van der Waals surface area (Å²) in [5, 5.41) is 0. The first-order valence-electron chi connectivity index (χ1n) is 4.98. The van der Waals surface area contributed by atoms with Gasteiger partial charge in [-0.05, 0) is 26.2 Å². The molecule has 1 rings (SSSR count). The van der Waals surface area contributed by atoms with Crippen LogP contribution in [0.1, 0.15) is 32.6 Å². The van der Waals surface area contributed by atoms with Crippen LogP contribution in [-0.2, 0) is 9.47 Å². The Hall–Kier alpha value is -0.220. The molecule has 1 aliphatic rings. The fourth-order valence-corrected chi connectivity index (χ4v) is 1.40. The topological polar surface area (TPSA) is 18.5 Å². The summed E-state index contributed by atoms with van der Waals surface area (Å²) in [5.41, 5.74) is -0.141. The summed E-state index contributed by atoms with van der Waals surface area (Å²) in [6, 6.07) is 0. The number of methoxy groups -OCH3 is 1. The number of halogens is 2. The normalized spacial score (nSPS) is 19.7. The fourth-order valence-electron chi connectivity index (χ4n) is 1.40. The lowest BCUT2D eigenvalue weighted by atomic mass is 10.2. The van der Waals surface area contributed by atoms with Gasteiger partial charge in [-0.3, -0.25) is 0 Å². The third-order valence-electron chi connectivity index (χ3n) is 2.38. The highest BCUT2D eigenvalue weighted by molar-refractivity contribution is 4.95. The lowest BCUT2D eigenvalue weighted by Gasteiger charge is -2.16. The van der Waals surface area contributed by atoms with Crippen molar-refractivity contribution >= 4 is 0 Å². The van der Waals surface area contributed by atoms with Crippen molar-refractivity contribution in [2.45, 2.75) is 44.1 Å². The largest absolute Gasteiger partial charge is 0.382 e. The van der Waals surface area contributed by atoms with Gasteiger partial charge < -0.3 is 9.47 Å². The van der Waals surface area contributed by atoms with E-state index in [0.29, 0.717) is 19.6 Å². The van der Waals surface area contributed by atoms with Crippen molar-refractivity contribution in [1.29, 1.82) is 0 Å². The number of hydrogen-bond donors (Lipinski definition) is 0. The molecule has 1 saturated carbocycles. The van der Waals surface area contributed by atoms with E-state index in [1.165, 1.54) is 0 Å². The van der Waals surface area contributed by atoms with Crippen LogP contribution in [0.3, 0.4) is 0 Å². The molecular weight excluding hydrogens is 190 g/mol. The molecule has 1 aliphatic carbocycles.